The maximum atomic E-state index is 6.17. The van der Waals surface area contributed by atoms with Crippen LogP contribution in [0.3, 0.4) is 0 Å². The maximum Gasteiger partial charge on any atom is 0.170 e. The minimum atomic E-state index is -0.252. The lowest BCUT2D eigenvalue weighted by Crippen LogP contribution is -2.41. The summed E-state index contributed by atoms with van der Waals surface area (Å²) in [4.78, 5) is 0. The van der Waals surface area contributed by atoms with Crippen molar-refractivity contribution in [3.63, 3.8) is 0 Å². The van der Waals surface area contributed by atoms with Gasteiger partial charge >= 0.3 is 0 Å². The van der Waals surface area contributed by atoms with Gasteiger partial charge in [0.1, 0.15) is 0 Å². The Morgan fingerprint density at radius 2 is 1.29 bits per heavy atom. The van der Waals surface area contributed by atoms with Gasteiger partial charge < -0.3 is 9.47 Å². The largest absolute Gasteiger partial charge is 0.341 e. The van der Waals surface area contributed by atoms with Crippen LogP contribution in [0.25, 0.3) is 0 Å². The van der Waals surface area contributed by atoms with E-state index in [4.69, 9.17) is 9.47 Å². The molecule has 2 fully saturated rings. The molecule has 2 aliphatic heterocycles. The molecule has 0 saturated carbocycles. The molecule has 1 spiro atoms. The third-order valence-electron chi connectivity index (χ3n) is 3.70. The van der Waals surface area contributed by atoms with Crippen molar-refractivity contribution >= 4 is 8.58 Å². The summed E-state index contributed by atoms with van der Waals surface area (Å²) in [5.74, 6) is -0.252. The molecule has 0 aromatic carbocycles. The van der Waals surface area contributed by atoms with E-state index in [1.165, 1.54) is 12.3 Å². The van der Waals surface area contributed by atoms with Crippen molar-refractivity contribution in [3.8, 4) is 0 Å². The lowest BCUT2D eigenvalue weighted by atomic mass is 9.90. The van der Waals surface area contributed by atoms with Crippen LogP contribution in [-0.4, -0.2) is 29.3 Å². The molecule has 2 saturated heterocycles. The molecule has 0 atom stereocenters. The molecule has 2 aliphatic rings. The van der Waals surface area contributed by atoms with E-state index in [1.807, 2.05) is 0 Å². The zero-order valence-corrected chi connectivity index (χ0v) is 10.6. The Labute approximate surface area is 88.5 Å². The quantitative estimate of drug-likeness (QED) is 0.580. The molecular weight excluding hydrogens is 195 g/mol. The lowest BCUT2D eigenvalue weighted by molar-refractivity contribution is -0.195. The minimum absolute atomic E-state index is 0.159. The molecular formula is C11H21O2P. The van der Waals surface area contributed by atoms with E-state index in [9.17, 15) is 0 Å². The van der Waals surface area contributed by atoms with Gasteiger partial charge in [0.15, 0.2) is 5.79 Å². The molecule has 2 rings (SSSR count). The van der Waals surface area contributed by atoms with Gasteiger partial charge in [0.25, 0.3) is 0 Å². The Morgan fingerprint density at radius 1 is 0.857 bits per heavy atom. The van der Waals surface area contributed by atoms with Crippen LogP contribution in [0.1, 0.15) is 40.5 Å². The first-order chi connectivity index (χ1) is 6.37. The fraction of sp³-hybridized carbons (Fsp3) is 1.00. The SMILES string of the molecule is CC1(C)OC2(CCPCC2)OC1(C)C. The molecule has 14 heavy (non-hydrogen) atoms. The van der Waals surface area contributed by atoms with E-state index in [-0.39, 0.29) is 17.0 Å². The van der Waals surface area contributed by atoms with E-state index in [2.05, 4.69) is 27.7 Å². The van der Waals surface area contributed by atoms with E-state index >= 15 is 0 Å². The molecule has 0 bridgehead atoms. The van der Waals surface area contributed by atoms with Crippen LogP contribution in [0.5, 0.6) is 0 Å². The van der Waals surface area contributed by atoms with Crippen LogP contribution < -0.4 is 0 Å². The highest BCUT2D eigenvalue weighted by molar-refractivity contribution is 7.38. The summed E-state index contributed by atoms with van der Waals surface area (Å²) < 4.78 is 12.3. The lowest BCUT2D eigenvalue weighted by Gasteiger charge is -2.32. The molecule has 3 heteroatoms. The Hall–Kier alpha value is 0.350. The first-order valence-corrected chi connectivity index (χ1v) is 6.89. The fourth-order valence-electron chi connectivity index (χ4n) is 2.21. The Morgan fingerprint density at radius 3 is 1.71 bits per heavy atom. The molecule has 0 aromatic heterocycles. The van der Waals surface area contributed by atoms with Gasteiger partial charge in [-0.05, 0) is 40.0 Å². The van der Waals surface area contributed by atoms with E-state index < -0.39 is 0 Å². The zero-order chi connectivity index (χ0) is 10.4. The van der Waals surface area contributed by atoms with Crippen LogP contribution in [0.4, 0.5) is 0 Å². The predicted molar refractivity (Wildman–Crippen MR) is 60.3 cm³/mol. The molecule has 0 radical (unpaired) electrons. The van der Waals surface area contributed by atoms with Crippen molar-refractivity contribution in [1.82, 2.24) is 0 Å². The molecule has 82 valence electrons. The zero-order valence-electron chi connectivity index (χ0n) is 9.64. The second-order valence-corrected chi connectivity index (χ2v) is 6.89. The van der Waals surface area contributed by atoms with Gasteiger partial charge in [-0.2, -0.15) is 0 Å². The normalized spacial score (nSPS) is 33.4. The summed E-state index contributed by atoms with van der Waals surface area (Å²) in [6.07, 6.45) is 4.70. The van der Waals surface area contributed by atoms with E-state index in [0.717, 1.165) is 21.4 Å². The van der Waals surface area contributed by atoms with Gasteiger partial charge in [-0.15, -0.1) is 8.58 Å². The molecule has 2 heterocycles. The van der Waals surface area contributed by atoms with Gasteiger partial charge in [0.05, 0.1) is 11.2 Å². The van der Waals surface area contributed by atoms with E-state index in [1.54, 1.807) is 0 Å². The Balaban J connectivity index is 2.18. The second-order valence-electron chi connectivity index (χ2n) is 5.39. The van der Waals surface area contributed by atoms with Crippen molar-refractivity contribution in [2.45, 2.75) is 57.5 Å². The molecule has 0 aromatic rings. The van der Waals surface area contributed by atoms with Crippen LogP contribution in [0, 0.1) is 0 Å². The number of hydrogen-bond acceptors (Lipinski definition) is 2. The highest BCUT2D eigenvalue weighted by Crippen LogP contribution is 2.49. The average molecular weight is 216 g/mol. The summed E-state index contributed by atoms with van der Waals surface area (Å²) in [7, 11) is 1.11. The van der Waals surface area contributed by atoms with Crippen LogP contribution in [0.15, 0.2) is 0 Å². The Kier molecular flexibility index (Phi) is 2.46. The molecule has 0 unspecified atom stereocenters. The van der Waals surface area contributed by atoms with Crippen molar-refractivity contribution in [1.29, 1.82) is 0 Å². The molecule has 2 nitrogen and oxygen atoms in total. The van der Waals surface area contributed by atoms with Crippen molar-refractivity contribution in [2.75, 3.05) is 12.3 Å². The molecule has 0 N–H and O–H groups in total. The van der Waals surface area contributed by atoms with Gasteiger partial charge in [-0.25, -0.2) is 0 Å². The summed E-state index contributed by atoms with van der Waals surface area (Å²) >= 11 is 0. The monoisotopic (exact) mass is 216 g/mol. The molecule has 0 aliphatic carbocycles. The number of rotatable bonds is 0. The third kappa shape index (κ3) is 1.62. The van der Waals surface area contributed by atoms with Gasteiger partial charge in [0, 0.05) is 12.8 Å². The minimum Gasteiger partial charge on any atom is -0.341 e. The van der Waals surface area contributed by atoms with Crippen LogP contribution in [0.2, 0.25) is 0 Å². The number of hydrogen-bond donors (Lipinski definition) is 0. The highest BCUT2D eigenvalue weighted by Gasteiger charge is 2.56. The summed E-state index contributed by atoms with van der Waals surface area (Å²) in [5.41, 5.74) is -0.319. The summed E-state index contributed by atoms with van der Waals surface area (Å²) in [6, 6.07) is 0. The summed E-state index contributed by atoms with van der Waals surface area (Å²) in [5, 5.41) is 0. The van der Waals surface area contributed by atoms with Crippen molar-refractivity contribution in [2.24, 2.45) is 0 Å². The fourth-order valence-corrected chi connectivity index (χ4v) is 3.57. The standard InChI is InChI=1S/C11H21O2P/c1-9(2)10(3,4)13-11(12-9)5-7-14-8-6-11/h14H,5-8H2,1-4H3. The Bertz CT molecular complexity index is 211. The third-order valence-corrected chi connectivity index (χ3v) is 4.90. The molecule has 0 amide bonds. The van der Waals surface area contributed by atoms with E-state index in [0.29, 0.717) is 0 Å². The van der Waals surface area contributed by atoms with Crippen molar-refractivity contribution in [3.05, 3.63) is 0 Å². The van der Waals surface area contributed by atoms with Crippen LogP contribution in [-0.2, 0) is 9.47 Å². The van der Waals surface area contributed by atoms with Crippen LogP contribution >= 0.6 is 8.58 Å². The van der Waals surface area contributed by atoms with Gasteiger partial charge in [-0.3, -0.25) is 0 Å². The first kappa shape index (κ1) is 10.9. The highest BCUT2D eigenvalue weighted by atomic mass is 31.1. The second kappa shape index (κ2) is 3.17. The topological polar surface area (TPSA) is 18.5 Å². The van der Waals surface area contributed by atoms with Gasteiger partial charge in [0.2, 0.25) is 0 Å². The summed E-state index contributed by atoms with van der Waals surface area (Å²) in [6.45, 7) is 8.55. The van der Waals surface area contributed by atoms with Crippen molar-refractivity contribution < 1.29 is 9.47 Å². The predicted octanol–water partition coefficient (Wildman–Crippen LogP) is 2.76. The van der Waals surface area contributed by atoms with Gasteiger partial charge in [-0.1, -0.05) is 0 Å². The number of ether oxygens (including phenoxy) is 2. The maximum absolute atomic E-state index is 6.17. The average Bonchev–Trinajstić information content (AvgIpc) is 2.18. The smallest absolute Gasteiger partial charge is 0.170 e. The first-order valence-electron chi connectivity index (χ1n) is 5.48.